The fourth-order valence-electron chi connectivity index (χ4n) is 1.81. The molecule has 0 aliphatic carbocycles. The fraction of sp³-hybridized carbons (Fsp3) is 0.250. The molecular formula is C12H11F2NO2. The second-order valence-corrected chi connectivity index (χ2v) is 3.72. The molecular weight excluding hydrogens is 228 g/mol. The zero-order valence-corrected chi connectivity index (χ0v) is 9.41. The lowest BCUT2D eigenvalue weighted by molar-refractivity contribution is -0.624. The van der Waals surface area contributed by atoms with Gasteiger partial charge in [-0.15, -0.1) is 0 Å². The van der Waals surface area contributed by atoms with Gasteiger partial charge in [0.15, 0.2) is 5.69 Å². The number of methoxy groups -OCH3 is 1. The lowest BCUT2D eigenvalue weighted by Crippen LogP contribution is -2.35. The maximum Gasteiger partial charge on any atom is 0.322 e. The predicted molar refractivity (Wildman–Crippen MR) is 59.2 cm³/mol. The van der Waals surface area contributed by atoms with E-state index < -0.39 is 12.1 Å². The van der Waals surface area contributed by atoms with Crippen LogP contribution in [0.4, 0.5) is 8.78 Å². The molecule has 0 unspecified atom stereocenters. The Kier molecular flexibility index (Phi) is 2.83. The van der Waals surface area contributed by atoms with E-state index in [2.05, 4.69) is 0 Å². The summed E-state index contributed by atoms with van der Waals surface area (Å²) in [5.74, 6) is 0.570. The molecule has 0 aliphatic rings. The molecule has 0 amide bonds. The topological polar surface area (TPSA) is 36.2 Å². The van der Waals surface area contributed by atoms with Crippen LogP contribution >= 0.6 is 0 Å². The minimum atomic E-state index is -2.80. The van der Waals surface area contributed by atoms with E-state index >= 15 is 0 Å². The number of fused-ring (bicyclic) bond motifs is 1. The average Bonchev–Trinajstić information content (AvgIpc) is 2.29. The van der Waals surface area contributed by atoms with Crippen LogP contribution in [0.1, 0.15) is 17.8 Å². The molecule has 1 aromatic heterocycles. The largest absolute Gasteiger partial charge is 0.618 e. The van der Waals surface area contributed by atoms with Crippen LogP contribution in [-0.4, -0.2) is 7.11 Å². The third-order valence-corrected chi connectivity index (χ3v) is 2.64. The van der Waals surface area contributed by atoms with Crippen molar-refractivity contribution in [1.82, 2.24) is 0 Å². The van der Waals surface area contributed by atoms with Crippen LogP contribution < -0.4 is 9.47 Å². The number of ether oxygens (including phenoxy) is 1. The van der Waals surface area contributed by atoms with E-state index in [-0.39, 0.29) is 15.8 Å². The lowest BCUT2D eigenvalue weighted by Gasteiger charge is -2.10. The van der Waals surface area contributed by atoms with E-state index in [1.807, 2.05) is 0 Å². The average molecular weight is 239 g/mol. The monoisotopic (exact) mass is 239 g/mol. The molecule has 0 radical (unpaired) electrons. The van der Waals surface area contributed by atoms with Gasteiger partial charge in [0, 0.05) is 13.0 Å². The van der Waals surface area contributed by atoms with Crippen molar-refractivity contribution in [2.75, 3.05) is 7.11 Å². The van der Waals surface area contributed by atoms with Gasteiger partial charge in [0.1, 0.15) is 5.75 Å². The van der Waals surface area contributed by atoms with Crippen LogP contribution in [0, 0.1) is 12.1 Å². The molecule has 2 aromatic rings. The smallest absolute Gasteiger partial charge is 0.322 e. The SMILES string of the molecule is COc1ccc2c(C(F)F)[n+]([O-])c(C)cc2c1. The van der Waals surface area contributed by atoms with E-state index in [0.717, 1.165) is 0 Å². The fourth-order valence-corrected chi connectivity index (χ4v) is 1.81. The van der Waals surface area contributed by atoms with E-state index in [9.17, 15) is 14.0 Å². The minimum Gasteiger partial charge on any atom is -0.618 e. The molecule has 1 aromatic carbocycles. The molecule has 5 heteroatoms. The maximum atomic E-state index is 12.9. The Labute approximate surface area is 96.8 Å². The third-order valence-electron chi connectivity index (χ3n) is 2.64. The summed E-state index contributed by atoms with van der Waals surface area (Å²) in [4.78, 5) is 0. The zero-order chi connectivity index (χ0) is 12.6. The summed E-state index contributed by atoms with van der Waals surface area (Å²) in [6.45, 7) is 1.50. The van der Waals surface area contributed by atoms with Gasteiger partial charge in [-0.1, -0.05) is 0 Å². The highest BCUT2D eigenvalue weighted by Gasteiger charge is 2.23. The van der Waals surface area contributed by atoms with Crippen LogP contribution in [0.15, 0.2) is 24.3 Å². The molecule has 1 heterocycles. The molecule has 2 rings (SSSR count). The molecule has 0 bridgehead atoms. The van der Waals surface area contributed by atoms with Crippen molar-refractivity contribution in [1.29, 1.82) is 0 Å². The predicted octanol–water partition coefficient (Wildman–Crippen LogP) is 2.73. The Morgan fingerprint density at radius 1 is 1.29 bits per heavy atom. The molecule has 0 spiro atoms. The second kappa shape index (κ2) is 4.16. The number of aromatic nitrogens is 1. The standard InChI is InChI=1S/C12H11F2NO2/c1-7-5-8-6-9(17-2)3-4-10(8)11(12(13)14)15(7)16/h3-6,12H,1-2H3. The highest BCUT2D eigenvalue weighted by atomic mass is 19.3. The first kappa shape index (κ1) is 11.6. The minimum absolute atomic E-state index is 0.237. The number of pyridine rings is 1. The van der Waals surface area contributed by atoms with Crippen molar-refractivity contribution < 1.29 is 18.2 Å². The molecule has 0 atom stereocenters. The first-order chi connectivity index (χ1) is 8.04. The van der Waals surface area contributed by atoms with Crippen LogP contribution in [0.5, 0.6) is 5.75 Å². The molecule has 0 fully saturated rings. The van der Waals surface area contributed by atoms with E-state index in [0.29, 0.717) is 11.1 Å². The van der Waals surface area contributed by atoms with E-state index in [4.69, 9.17) is 4.74 Å². The van der Waals surface area contributed by atoms with Crippen LogP contribution in [0.3, 0.4) is 0 Å². The molecule has 3 nitrogen and oxygen atoms in total. The summed E-state index contributed by atoms with van der Waals surface area (Å²) in [6.07, 6.45) is -2.80. The number of halogens is 2. The molecule has 0 N–H and O–H groups in total. The number of benzene rings is 1. The summed E-state index contributed by atoms with van der Waals surface area (Å²) in [5, 5.41) is 12.4. The van der Waals surface area contributed by atoms with Crippen molar-refractivity contribution >= 4 is 10.8 Å². The number of hydrogen-bond donors (Lipinski definition) is 0. The maximum absolute atomic E-state index is 12.9. The molecule has 0 aliphatic heterocycles. The van der Waals surface area contributed by atoms with Crippen molar-refractivity contribution in [3.63, 3.8) is 0 Å². The highest BCUT2D eigenvalue weighted by molar-refractivity contribution is 5.85. The van der Waals surface area contributed by atoms with Crippen LogP contribution in [0.25, 0.3) is 10.8 Å². The van der Waals surface area contributed by atoms with Gasteiger partial charge in [0.2, 0.25) is 0 Å². The van der Waals surface area contributed by atoms with Crippen molar-refractivity contribution in [2.45, 2.75) is 13.3 Å². The van der Waals surface area contributed by atoms with E-state index in [1.165, 1.54) is 20.1 Å². The van der Waals surface area contributed by atoms with Crippen LogP contribution in [-0.2, 0) is 0 Å². The Bertz CT molecular complexity index is 570. The number of hydrogen-bond acceptors (Lipinski definition) is 2. The van der Waals surface area contributed by atoms with Gasteiger partial charge in [0.05, 0.1) is 12.5 Å². The van der Waals surface area contributed by atoms with Gasteiger partial charge in [-0.05, 0) is 23.6 Å². The van der Waals surface area contributed by atoms with Gasteiger partial charge >= 0.3 is 6.43 Å². The molecule has 0 saturated heterocycles. The van der Waals surface area contributed by atoms with Gasteiger partial charge in [-0.2, -0.15) is 13.5 Å². The summed E-state index contributed by atoms with van der Waals surface area (Å²) in [6, 6.07) is 6.23. The molecule has 17 heavy (non-hydrogen) atoms. The molecule has 0 saturated carbocycles. The van der Waals surface area contributed by atoms with Gasteiger partial charge < -0.3 is 9.94 Å². The second-order valence-electron chi connectivity index (χ2n) is 3.72. The third kappa shape index (κ3) is 1.88. The van der Waals surface area contributed by atoms with Crippen molar-refractivity contribution in [3.8, 4) is 5.75 Å². The summed E-state index contributed by atoms with van der Waals surface area (Å²) < 4.78 is 31.0. The summed E-state index contributed by atoms with van der Waals surface area (Å²) >= 11 is 0. The Hall–Kier alpha value is -1.91. The van der Waals surface area contributed by atoms with Crippen molar-refractivity contribution in [2.24, 2.45) is 0 Å². The summed E-state index contributed by atoms with van der Waals surface area (Å²) in [7, 11) is 1.50. The lowest BCUT2D eigenvalue weighted by atomic mass is 10.1. The Balaban J connectivity index is 2.81. The first-order valence-electron chi connectivity index (χ1n) is 5.03. The first-order valence-corrected chi connectivity index (χ1v) is 5.03. The number of nitrogens with zero attached hydrogens (tertiary/aromatic N) is 1. The van der Waals surface area contributed by atoms with E-state index in [1.54, 1.807) is 18.2 Å². The normalized spacial score (nSPS) is 11.1. The zero-order valence-electron chi connectivity index (χ0n) is 9.41. The Morgan fingerprint density at radius 2 is 2.00 bits per heavy atom. The number of aryl methyl sites for hydroxylation is 1. The van der Waals surface area contributed by atoms with Gasteiger partial charge in [-0.3, -0.25) is 0 Å². The van der Waals surface area contributed by atoms with Gasteiger partial charge in [0.25, 0.3) is 5.69 Å². The van der Waals surface area contributed by atoms with Crippen molar-refractivity contribution in [3.05, 3.63) is 40.9 Å². The number of rotatable bonds is 2. The Morgan fingerprint density at radius 3 is 2.59 bits per heavy atom. The number of alkyl halides is 2. The molecule has 90 valence electrons. The van der Waals surface area contributed by atoms with Gasteiger partial charge in [-0.25, -0.2) is 0 Å². The highest BCUT2D eigenvalue weighted by Crippen LogP contribution is 2.28. The summed E-state index contributed by atoms with van der Waals surface area (Å²) in [5.41, 5.74) is -0.274. The van der Waals surface area contributed by atoms with Crippen LogP contribution in [0.2, 0.25) is 0 Å². The quantitative estimate of drug-likeness (QED) is 0.596.